The van der Waals surface area contributed by atoms with Gasteiger partial charge in [-0.3, -0.25) is 0 Å². The minimum absolute atomic E-state index is 0. The maximum atomic E-state index is 6.19. The number of nitrogens with two attached hydrogens (primary N) is 2. The zero-order valence-electron chi connectivity index (χ0n) is 24.4. The van der Waals surface area contributed by atoms with Crippen molar-refractivity contribution in [2.24, 2.45) is 0 Å². The first-order valence-corrected chi connectivity index (χ1v) is 14.1. The van der Waals surface area contributed by atoms with E-state index in [1.54, 1.807) is 0 Å². The van der Waals surface area contributed by atoms with Crippen LogP contribution >= 0.6 is 0 Å². The molecule has 0 saturated heterocycles. The Morgan fingerprint density at radius 3 is 1.29 bits per heavy atom. The van der Waals surface area contributed by atoms with Gasteiger partial charge in [0.1, 0.15) is 0 Å². The van der Waals surface area contributed by atoms with Gasteiger partial charge >= 0.3 is 0 Å². The number of hydrogen-bond donors (Lipinski definition) is 2. The van der Waals surface area contributed by atoms with Gasteiger partial charge < -0.3 is 50.9 Å². The minimum Gasteiger partial charge on any atom is -1.00 e. The van der Waals surface area contributed by atoms with Gasteiger partial charge in [-0.15, -0.1) is 0 Å². The highest BCUT2D eigenvalue weighted by atomic mass is 79.9. The van der Waals surface area contributed by atoms with Crippen molar-refractivity contribution in [1.29, 1.82) is 0 Å². The monoisotopic (exact) mass is 721 g/mol. The lowest BCUT2D eigenvalue weighted by atomic mass is 10.1. The van der Waals surface area contributed by atoms with E-state index >= 15 is 0 Å². The van der Waals surface area contributed by atoms with Crippen molar-refractivity contribution < 1.29 is 48.6 Å². The first-order valence-electron chi connectivity index (χ1n) is 14.1. The largest absolute Gasteiger partial charge is 1.00 e. The lowest BCUT2D eigenvalue weighted by Gasteiger charge is -2.08. The van der Waals surface area contributed by atoms with E-state index in [9.17, 15) is 0 Å². The number of rotatable bonds is 6. The van der Waals surface area contributed by atoms with Gasteiger partial charge in [0.05, 0.1) is 33.5 Å². The number of nitrogens with zero attached hydrogens (tertiary/aromatic N) is 3. The van der Waals surface area contributed by atoms with E-state index in [0.717, 1.165) is 68.8 Å². The summed E-state index contributed by atoms with van der Waals surface area (Å²) >= 11 is 0. The molecule has 0 aliphatic carbocycles. The molecular weight excluding hydrogens is 690 g/mol. The highest BCUT2D eigenvalue weighted by molar-refractivity contribution is 5.88. The number of nitrogen functional groups attached to an aromatic ring is 2. The maximum Gasteiger partial charge on any atom is 0.214 e. The zero-order chi connectivity index (χ0) is 28.5. The number of fused-ring (bicyclic) bond motifs is 2. The van der Waals surface area contributed by atoms with E-state index in [-0.39, 0.29) is 39.4 Å². The average molecular weight is 724 g/mol. The molecule has 8 heteroatoms. The number of aromatic nitrogens is 3. The molecular formula is C37H33Br2N5O. The number of halogens is 2. The normalized spacial score (nSPS) is 10.5. The molecule has 0 bridgehead atoms. The van der Waals surface area contributed by atoms with Gasteiger partial charge in [-0.1, -0.05) is 78.9 Å². The van der Waals surface area contributed by atoms with Gasteiger partial charge in [-0.25, -0.2) is 4.98 Å². The molecule has 3 aromatic heterocycles. The zero-order valence-corrected chi connectivity index (χ0v) is 27.6. The van der Waals surface area contributed by atoms with E-state index < -0.39 is 0 Å². The Kier molecular flexibility index (Phi) is 10.7. The summed E-state index contributed by atoms with van der Waals surface area (Å²) in [6.07, 6.45) is 4.11. The summed E-state index contributed by atoms with van der Waals surface area (Å²) in [5.74, 6) is 0. The van der Waals surface area contributed by atoms with Crippen molar-refractivity contribution >= 4 is 33.2 Å². The second-order valence-electron chi connectivity index (χ2n) is 10.6. The van der Waals surface area contributed by atoms with Crippen LogP contribution in [0.25, 0.3) is 44.3 Å². The van der Waals surface area contributed by atoms with Crippen LogP contribution in [0.5, 0.6) is 0 Å². The van der Waals surface area contributed by atoms with E-state index in [4.69, 9.17) is 16.5 Å². The highest BCUT2D eigenvalue weighted by Gasteiger charge is 2.13. The first-order chi connectivity index (χ1) is 20.6. The Balaban J connectivity index is 0.00000154. The van der Waals surface area contributed by atoms with Crippen molar-refractivity contribution in [3.63, 3.8) is 0 Å². The Morgan fingerprint density at radius 1 is 0.467 bits per heavy atom. The van der Waals surface area contributed by atoms with Gasteiger partial charge in [0.2, 0.25) is 11.0 Å². The predicted octanol–water partition coefficient (Wildman–Crippen LogP) is -0.259. The van der Waals surface area contributed by atoms with Gasteiger partial charge in [-0.05, 0) is 24.3 Å². The van der Waals surface area contributed by atoms with Gasteiger partial charge in [-0.2, -0.15) is 9.13 Å². The predicted molar refractivity (Wildman–Crippen MR) is 174 cm³/mol. The third kappa shape index (κ3) is 6.88. The van der Waals surface area contributed by atoms with Gasteiger partial charge in [0.25, 0.3) is 0 Å². The summed E-state index contributed by atoms with van der Waals surface area (Å²) in [5.41, 5.74) is 22.8. The lowest BCUT2D eigenvalue weighted by Crippen LogP contribution is -3.00. The van der Waals surface area contributed by atoms with Crippen molar-refractivity contribution in [3.05, 3.63) is 151 Å². The van der Waals surface area contributed by atoms with Crippen LogP contribution < -0.4 is 54.6 Å². The third-order valence-electron chi connectivity index (χ3n) is 7.87. The van der Waals surface area contributed by atoms with E-state index in [0.29, 0.717) is 0 Å². The summed E-state index contributed by atoms with van der Waals surface area (Å²) in [6, 6.07) is 44.0. The topological polar surface area (TPSA) is 104 Å². The van der Waals surface area contributed by atoms with Crippen LogP contribution in [0.15, 0.2) is 140 Å². The Hall–Kier alpha value is -4.63. The molecule has 0 aliphatic rings. The van der Waals surface area contributed by atoms with Crippen molar-refractivity contribution in [1.82, 2.24) is 4.98 Å². The molecule has 0 fully saturated rings. The molecule has 0 amide bonds. The number of hydrogen-bond acceptors (Lipinski definition) is 3. The molecule has 0 saturated carbocycles. The average Bonchev–Trinajstić information content (AvgIpc) is 3.05. The quantitative estimate of drug-likeness (QED) is 0.232. The molecule has 3 heterocycles. The van der Waals surface area contributed by atoms with Crippen LogP contribution in [0.3, 0.4) is 0 Å². The smallest absolute Gasteiger partial charge is 0.214 e. The summed E-state index contributed by atoms with van der Waals surface area (Å²) in [4.78, 5) is 5.00. The van der Waals surface area contributed by atoms with Crippen LogP contribution in [0, 0.1) is 0 Å². The van der Waals surface area contributed by atoms with Crippen molar-refractivity contribution in [3.8, 4) is 22.5 Å². The van der Waals surface area contributed by atoms with E-state index in [1.807, 2.05) is 36.4 Å². The Labute approximate surface area is 283 Å². The molecule has 6 nitrogen and oxygen atoms in total. The van der Waals surface area contributed by atoms with Crippen molar-refractivity contribution in [2.75, 3.05) is 11.5 Å². The van der Waals surface area contributed by atoms with E-state index in [2.05, 4.69) is 113 Å². The maximum absolute atomic E-state index is 6.19. The Bertz CT molecular complexity index is 1920. The first kappa shape index (κ1) is 33.3. The van der Waals surface area contributed by atoms with Crippen LogP contribution in [0.4, 0.5) is 11.4 Å². The lowest BCUT2D eigenvalue weighted by molar-refractivity contribution is -0.662. The molecule has 226 valence electrons. The number of anilines is 2. The van der Waals surface area contributed by atoms with Crippen molar-refractivity contribution in [2.45, 2.75) is 13.1 Å². The minimum atomic E-state index is 0. The van der Waals surface area contributed by atoms with E-state index in [1.165, 1.54) is 11.1 Å². The second-order valence-corrected chi connectivity index (χ2v) is 10.6. The summed E-state index contributed by atoms with van der Waals surface area (Å²) in [5, 5.41) is 2.14. The number of benzene rings is 4. The summed E-state index contributed by atoms with van der Waals surface area (Å²) in [7, 11) is 0. The fraction of sp³-hybridized carbons (Fsp3) is 0.0541. The molecule has 6 N–H and O–H groups in total. The molecule has 45 heavy (non-hydrogen) atoms. The fourth-order valence-corrected chi connectivity index (χ4v) is 5.60. The molecule has 0 unspecified atom stereocenters. The number of pyridine rings is 3. The number of para-hydroxylation sites is 2. The standard InChI is InChI=1S/C37H29N5.2BrH.H2O/c38-32-20-22-41(36-10-3-1-6-30(32)36)24-26-12-16-28(17-13-26)34-8-5-9-35(40-34)29-18-14-27(15-19-29)25-42-23-21-33(39)31-7-2-4-11-37(31)42;;;/h1-23,38-39H,24-25H2;2*1H;1H2. The van der Waals surface area contributed by atoms with Gasteiger partial charge in [0.15, 0.2) is 25.5 Å². The molecule has 0 spiro atoms. The van der Waals surface area contributed by atoms with Crippen LogP contribution in [0.1, 0.15) is 11.1 Å². The van der Waals surface area contributed by atoms with Crippen LogP contribution in [-0.4, -0.2) is 10.5 Å². The molecule has 0 radical (unpaired) electrons. The molecule has 4 aromatic carbocycles. The molecule has 7 aromatic rings. The van der Waals surface area contributed by atoms with Gasteiger partial charge in [0, 0.05) is 46.5 Å². The SMILES string of the molecule is Nc1cc[n+](Cc2ccc(-c3cccc(-c4ccc(C[n+]5ccc(N)c6ccccc65)cc4)n3)cc2)c2ccccc12.O.[Br-].[Br-]. The fourth-order valence-electron chi connectivity index (χ4n) is 5.60. The summed E-state index contributed by atoms with van der Waals surface area (Å²) < 4.78 is 4.47. The Morgan fingerprint density at radius 2 is 0.867 bits per heavy atom. The second kappa shape index (κ2) is 14.4. The third-order valence-corrected chi connectivity index (χ3v) is 7.87. The summed E-state index contributed by atoms with van der Waals surface area (Å²) in [6.45, 7) is 1.54. The van der Waals surface area contributed by atoms with Crippen LogP contribution in [-0.2, 0) is 13.1 Å². The van der Waals surface area contributed by atoms with Crippen LogP contribution in [0.2, 0.25) is 0 Å². The highest BCUT2D eigenvalue weighted by Crippen LogP contribution is 2.24. The molecule has 0 atom stereocenters. The molecule has 7 rings (SSSR count). The molecule has 0 aliphatic heterocycles.